The number of rotatable bonds is 13. The van der Waals surface area contributed by atoms with Gasteiger partial charge in [0, 0.05) is 12.5 Å². The van der Waals surface area contributed by atoms with E-state index in [0.717, 1.165) is 68.1 Å². The zero-order chi connectivity index (χ0) is 28.2. The molecule has 0 aromatic rings. The number of carbonyl (C=O) groups excluding carboxylic acids is 1. The first-order valence-electron chi connectivity index (χ1n) is 16.9. The van der Waals surface area contributed by atoms with E-state index in [9.17, 15) is 4.79 Å². The Morgan fingerprint density at radius 3 is 2.44 bits per heavy atom. The number of nitrogens with two attached hydrogens (primary N) is 1. The Labute approximate surface area is 241 Å². The molecule has 0 bridgehead atoms. The Balaban J connectivity index is 1.28. The summed E-state index contributed by atoms with van der Waals surface area (Å²) in [5, 5.41) is 3.96. The standard InChI is InChI=1S/C34H63N3O2/c1-24(2)39-32(38)14-9-25(3)29-12-13-30-28-11-10-26-23-27(36-20-8-22-37(6)21-7-19-35)15-17-33(26,4)31(28)16-18-34(29,30)5/h24-31,36H,7-23,35H2,1-6H3/t25-,26?,27+,28?,29-,30?,31?,33+,34-/m1/s1. The minimum absolute atomic E-state index is 0.00242. The van der Waals surface area contributed by atoms with Crippen LogP contribution in [-0.2, 0) is 9.53 Å². The molecule has 4 rings (SSSR count). The highest BCUT2D eigenvalue weighted by Crippen LogP contribution is 2.68. The molecule has 4 aliphatic rings. The van der Waals surface area contributed by atoms with Gasteiger partial charge in [0.2, 0.25) is 0 Å². The molecule has 0 radical (unpaired) electrons. The summed E-state index contributed by atoms with van der Waals surface area (Å²) >= 11 is 0. The van der Waals surface area contributed by atoms with Gasteiger partial charge in [-0.25, -0.2) is 0 Å². The molecule has 5 heteroatoms. The van der Waals surface area contributed by atoms with Crippen molar-refractivity contribution in [2.24, 2.45) is 52.1 Å². The molecule has 0 aromatic carbocycles. The van der Waals surface area contributed by atoms with Crippen molar-refractivity contribution in [2.45, 2.75) is 130 Å². The van der Waals surface area contributed by atoms with Crippen LogP contribution in [0.2, 0.25) is 0 Å². The first kappa shape index (κ1) is 31.3. The van der Waals surface area contributed by atoms with Crippen molar-refractivity contribution in [1.29, 1.82) is 0 Å². The van der Waals surface area contributed by atoms with Crippen molar-refractivity contribution in [2.75, 3.05) is 33.2 Å². The van der Waals surface area contributed by atoms with Gasteiger partial charge in [-0.05, 0) is 170 Å². The topological polar surface area (TPSA) is 67.6 Å². The van der Waals surface area contributed by atoms with Crippen LogP contribution in [-0.4, -0.2) is 56.2 Å². The second kappa shape index (κ2) is 13.6. The molecule has 4 unspecified atom stereocenters. The maximum Gasteiger partial charge on any atom is 0.306 e. The molecule has 0 spiro atoms. The third kappa shape index (κ3) is 7.05. The van der Waals surface area contributed by atoms with E-state index in [1.165, 1.54) is 70.8 Å². The highest BCUT2D eigenvalue weighted by Gasteiger charge is 2.60. The first-order chi connectivity index (χ1) is 18.6. The van der Waals surface area contributed by atoms with Gasteiger partial charge in [-0.3, -0.25) is 4.79 Å². The lowest BCUT2D eigenvalue weighted by Gasteiger charge is -2.61. The van der Waals surface area contributed by atoms with Crippen LogP contribution in [0.15, 0.2) is 0 Å². The van der Waals surface area contributed by atoms with E-state index in [4.69, 9.17) is 10.5 Å². The Morgan fingerprint density at radius 2 is 1.69 bits per heavy atom. The van der Waals surface area contributed by atoms with Crippen LogP contribution in [0.3, 0.4) is 0 Å². The summed E-state index contributed by atoms with van der Waals surface area (Å²) in [6.45, 7) is 15.9. The average molecular weight is 546 g/mol. The zero-order valence-corrected chi connectivity index (χ0v) is 26.5. The molecule has 4 aliphatic carbocycles. The maximum absolute atomic E-state index is 12.2. The minimum Gasteiger partial charge on any atom is -0.463 e. The Kier molecular flexibility index (Phi) is 10.9. The van der Waals surface area contributed by atoms with Gasteiger partial charge in [0.1, 0.15) is 0 Å². The molecule has 0 amide bonds. The molecular formula is C34H63N3O2. The van der Waals surface area contributed by atoms with Crippen LogP contribution in [0.25, 0.3) is 0 Å². The third-order valence-electron chi connectivity index (χ3n) is 12.5. The average Bonchev–Trinajstić information content (AvgIpc) is 3.25. The molecule has 0 aliphatic heterocycles. The summed E-state index contributed by atoms with van der Waals surface area (Å²) in [7, 11) is 2.23. The number of esters is 1. The smallest absolute Gasteiger partial charge is 0.306 e. The monoisotopic (exact) mass is 545 g/mol. The molecule has 0 saturated heterocycles. The lowest BCUT2D eigenvalue weighted by atomic mass is 9.44. The summed E-state index contributed by atoms with van der Waals surface area (Å²) < 4.78 is 5.43. The number of nitrogens with one attached hydrogen (secondary N) is 1. The predicted octanol–water partition coefficient (Wildman–Crippen LogP) is 6.64. The molecule has 39 heavy (non-hydrogen) atoms. The van der Waals surface area contributed by atoms with Gasteiger partial charge < -0.3 is 20.7 Å². The normalized spacial score (nSPS) is 38.8. The van der Waals surface area contributed by atoms with Crippen molar-refractivity contribution in [3.63, 3.8) is 0 Å². The van der Waals surface area contributed by atoms with Crippen LogP contribution in [0.4, 0.5) is 0 Å². The number of hydrogen-bond donors (Lipinski definition) is 2. The number of nitrogens with zero attached hydrogens (tertiary/aromatic N) is 1. The van der Waals surface area contributed by atoms with Crippen LogP contribution >= 0.6 is 0 Å². The Hall–Kier alpha value is -0.650. The molecule has 226 valence electrons. The summed E-state index contributed by atoms with van der Waals surface area (Å²) in [4.78, 5) is 14.6. The zero-order valence-electron chi connectivity index (χ0n) is 26.5. The lowest BCUT2D eigenvalue weighted by molar-refractivity contribution is -0.148. The number of ether oxygens (including phenoxy) is 1. The van der Waals surface area contributed by atoms with Crippen LogP contribution in [0.5, 0.6) is 0 Å². The fraction of sp³-hybridized carbons (Fsp3) is 0.971. The van der Waals surface area contributed by atoms with Gasteiger partial charge in [-0.1, -0.05) is 20.8 Å². The number of hydrogen-bond acceptors (Lipinski definition) is 5. The van der Waals surface area contributed by atoms with E-state index in [1.807, 2.05) is 13.8 Å². The SMILES string of the molecule is CC(C)OC(=O)CC[C@@H](C)[C@H]1CCC2C3CCC4C[C@@H](NCCCN(C)CCCN)CC[C@]4(C)C3CC[C@@]21C. The Bertz CT molecular complexity index is 788. The van der Waals surface area contributed by atoms with Crippen molar-refractivity contribution in [3.8, 4) is 0 Å². The number of fused-ring (bicyclic) bond motifs is 5. The predicted molar refractivity (Wildman–Crippen MR) is 162 cm³/mol. The lowest BCUT2D eigenvalue weighted by Crippen LogP contribution is -2.55. The van der Waals surface area contributed by atoms with Gasteiger partial charge in [0.05, 0.1) is 6.10 Å². The Morgan fingerprint density at radius 1 is 0.974 bits per heavy atom. The molecule has 3 N–H and O–H groups in total. The fourth-order valence-corrected chi connectivity index (χ4v) is 10.4. The van der Waals surface area contributed by atoms with E-state index < -0.39 is 0 Å². The van der Waals surface area contributed by atoms with E-state index in [2.05, 4.69) is 38.0 Å². The van der Waals surface area contributed by atoms with E-state index >= 15 is 0 Å². The van der Waals surface area contributed by atoms with Crippen LogP contribution in [0.1, 0.15) is 118 Å². The van der Waals surface area contributed by atoms with Crippen molar-refractivity contribution in [3.05, 3.63) is 0 Å². The molecule has 0 heterocycles. The highest BCUT2D eigenvalue weighted by atomic mass is 16.5. The largest absolute Gasteiger partial charge is 0.463 e. The number of carbonyl (C=O) groups is 1. The second-order valence-corrected chi connectivity index (χ2v) is 15.2. The molecule has 9 atom stereocenters. The molecule has 4 fully saturated rings. The van der Waals surface area contributed by atoms with Crippen molar-refractivity contribution >= 4 is 5.97 Å². The van der Waals surface area contributed by atoms with Gasteiger partial charge in [0.15, 0.2) is 0 Å². The molecular weight excluding hydrogens is 482 g/mol. The fourth-order valence-electron chi connectivity index (χ4n) is 10.4. The van der Waals surface area contributed by atoms with Crippen molar-refractivity contribution in [1.82, 2.24) is 10.2 Å². The molecule has 5 nitrogen and oxygen atoms in total. The van der Waals surface area contributed by atoms with E-state index in [-0.39, 0.29) is 12.1 Å². The maximum atomic E-state index is 12.2. The minimum atomic E-state index is -0.00792. The van der Waals surface area contributed by atoms with E-state index in [1.54, 1.807) is 0 Å². The van der Waals surface area contributed by atoms with Crippen LogP contribution in [0, 0.1) is 46.3 Å². The summed E-state index contributed by atoms with van der Waals surface area (Å²) in [5.41, 5.74) is 6.69. The van der Waals surface area contributed by atoms with Gasteiger partial charge >= 0.3 is 5.97 Å². The van der Waals surface area contributed by atoms with Gasteiger partial charge in [-0.2, -0.15) is 0 Å². The van der Waals surface area contributed by atoms with Gasteiger partial charge in [0.25, 0.3) is 0 Å². The highest BCUT2D eigenvalue weighted by molar-refractivity contribution is 5.69. The summed E-state index contributed by atoms with van der Waals surface area (Å²) in [6, 6.07) is 0.724. The second-order valence-electron chi connectivity index (χ2n) is 15.2. The first-order valence-corrected chi connectivity index (χ1v) is 16.9. The molecule has 0 aromatic heterocycles. The van der Waals surface area contributed by atoms with Crippen molar-refractivity contribution < 1.29 is 9.53 Å². The third-order valence-corrected chi connectivity index (χ3v) is 12.5. The summed E-state index contributed by atoms with van der Waals surface area (Å²) in [5.74, 6) is 5.05. The van der Waals surface area contributed by atoms with Crippen LogP contribution < -0.4 is 11.1 Å². The van der Waals surface area contributed by atoms with Gasteiger partial charge in [-0.15, -0.1) is 0 Å². The summed E-state index contributed by atoms with van der Waals surface area (Å²) in [6.07, 6.45) is 16.7. The van der Waals surface area contributed by atoms with E-state index in [0.29, 0.717) is 23.2 Å². The molecule has 4 saturated carbocycles. The quantitative estimate of drug-likeness (QED) is 0.201.